The first-order chi connectivity index (χ1) is 10.1. The molecule has 0 amide bonds. The molecular formula is C18H25N3. The van der Waals surface area contributed by atoms with Gasteiger partial charge in [-0.3, -0.25) is 0 Å². The van der Waals surface area contributed by atoms with Crippen LogP contribution >= 0.6 is 0 Å². The molecule has 112 valence electrons. The van der Waals surface area contributed by atoms with E-state index in [1.165, 1.54) is 24.6 Å². The summed E-state index contributed by atoms with van der Waals surface area (Å²) in [5.74, 6) is 1.09. The average Bonchev–Trinajstić information content (AvgIpc) is 2.54. The Morgan fingerprint density at radius 3 is 2.62 bits per heavy atom. The zero-order valence-corrected chi connectivity index (χ0v) is 13.1. The molecule has 21 heavy (non-hydrogen) atoms. The molecular weight excluding hydrogens is 258 g/mol. The molecule has 3 nitrogen and oxygen atoms in total. The summed E-state index contributed by atoms with van der Waals surface area (Å²) in [5, 5.41) is 1.18. The molecule has 2 aromatic rings. The molecule has 1 aliphatic rings. The number of nitrogens with zero attached hydrogens (tertiary/aromatic N) is 2. The summed E-state index contributed by atoms with van der Waals surface area (Å²) in [6, 6.07) is 10.5. The molecule has 0 aliphatic carbocycles. The summed E-state index contributed by atoms with van der Waals surface area (Å²) in [7, 11) is 0. The first-order valence-electron chi connectivity index (χ1n) is 7.99. The zero-order valence-electron chi connectivity index (χ0n) is 13.1. The number of fused-ring (bicyclic) bond motifs is 1. The number of hydrogen-bond acceptors (Lipinski definition) is 3. The zero-order chi connectivity index (χ0) is 14.9. The highest BCUT2D eigenvalue weighted by molar-refractivity contribution is 5.81. The quantitative estimate of drug-likeness (QED) is 0.933. The van der Waals surface area contributed by atoms with Crippen LogP contribution in [0.5, 0.6) is 0 Å². The standard InChI is InChI=1S/C18H25N3/c1-3-18(2)8-10-21(11-9-18)17-15(13-19)12-14-6-4-5-7-16(14)20-17/h4-7,12H,3,8-11,13,19H2,1-2H3. The van der Waals surface area contributed by atoms with E-state index >= 15 is 0 Å². The highest BCUT2D eigenvalue weighted by Crippen LogP contribution is 2.36. The van der Waals surface area contributed by atoms with Crippen LogP contribution in [0.3, 0.4) is 0 Å². The van der Waals surface area contributed by atoms with Crippen molar-refractivity contribution < 1.29 is 0 Å². The molecule has 0 bridgehead atoms. The lowest BCUT2D eigenvalue weighted by atomic mass is 9.78. The first kappa shape index (κ1) is 14.3. The van der Waals surface area contributed by atoms with Crippen LogP contribution in [0.1, 0.15) is 38.7 Å². The van der Waals surface area contributed by atoms with Gasteiger partial charge in [-0.05, 0) is 30.4 Å². The number of para-hydroxylation sites is 1. The van der Waals surface area contributed by atoms with Crippen LogP contribution in [0.4, 0.5) is 5.82 Å². The van der Waals surface area contributed by atoms with Gasteiger partial charge in [-0.2, -0.15) is 0 Å². The maximum absolute atomic E-state index is 5.96. The Labute approximate surface area is 127 Å². The summed E-state index contributed by atoms with van der Waals surface area (Å²) in [4.78, 5) is 7.31. The third-order valence-electron chi connectivity index (χ3n) is 5.12. The second kappa shape index (κ2) is 5.64. The molecule has 3 heteroatoms. The van der Waals surface area contributed by atoms with Gasteiger partial charge in [-0.15, -0.1) is 0 Å². The van der Waals surface area contributed by atoms with Crippen molar-refractivity contribution in [3.63, 3.8) is 0 Å². The van der Waals surface area contributed by atoms with Gasteiger partial charge < -0.3 is 10.6 Å². The van der Waals surface area contributed by atoms with E-state index in [-0.39, 0.29) is 0 Å². The molecule has 2 heterocycles. The second-order valence-electron chi connectivity index (χ2n) is 6.52. The van der Waals surface area contributed by atoms with E-state index < -0.39 is 0 Å². The number of anilines is 1. The molecule has 0 unspecified atom stereocenters. The predicted molar refractivity (Wildman–Crippen MR) is 89.5 cm³/mol. The summed E-state index contributed by atoms with van der Waals surface area (Å²) in [6.45, 7) is 7.43. The SMILES string of the molecule is CCC1(C)CCN(c2nc3ccccc3cc2CN)CC1. The van der Waals surface area contributed by atoms with E-state index in [9.17, 15) is 0 Å². The van der Waals surface area contributed by atoms with Crippen LogP contribution in [-0.2, 0) is 6.54 Å². The Morgan fingerprint density at radius 2 is 1.95 bits per heavy atom. The van der Waals surface area contributed by atoms with Crippen LogP contribution in [0, 0.1) is 5.41 Å². The summed E-state index contributed by atoms with van der Waals surface area (Å²) >= 11 is 0. The smallest absolute Gasteiger partial charge is 0.133 e. The topological polar surface area (TPSA) is 42.2 Å². The van der Waals surface area contributed by atoms with Crippen molar-refractivity contribution in [1.29, 1.82) is 0 Å². The summed E-state index contributed by atoms with van der Waals surface area (Å²) < 4.78 is 0. The van der Waals surface area contributed by atoms with Crippen LogP contribution in [-0.4, -0.2) is 18.1 Å². The van der Waals surface area contributed by atoms with Gasteiger partial charge in [-0.1, -0.05) is 38.5 Å². The minimum Gasteiger partial charge on any atom is -0.356 e. The molecule has 0 atom stereocenters. The Morgan fingerprint density at radius 1 is 1.24 bits per heavy atom. The molecule has 1 aromatic heterocycles. The van der Waals surface area contributed by atoms with E-state index in [1.54, 1.807) is 0 Å². The monoisotopic (exact) mass is 283 g/mol. The fraction of sp³-hybridized carbons (Fsp3) is 0.500. The van der Waals surface area contributed by atoms with Crippen molar-refractivity contribution in [2.24, 2.45) is 11.1 Å². The van der Waals surface area contributed by atoms with E-state index in [2.05, 4.69) is 43.0 Å². The fourth-order valence-corrected chi connectivity index (χ4v) is 3.19. The molecule has 0 saturated carbocycles. The van der Waals surface area contributed by atoms with Gasteiger partial charge in [-0.25, -0.2) is 4.98 Å². The van der Waals surface area contributed by atoms with Gasteiger partial charge in [0.1, 0.15) is 5.82 Å². The number of pyridine rings is 1. The summed E-state index contributed by atoms with van der Waals surface area (Å²) in [6.07, 6.45) is 3.74. The third kappa shape index (κ3) is 2.75. The van der Waals surface area contributed by atoms with Gasteiger partial charge in [0.05, 0.1) is 5.52 Å². The molecule has 1 fully saturated rings. The number of hydrogen-bond donors (Lipinski definition) is 1. The minimum absolute atomic E-state index is 0.496. The fourth-order valence-electron chi connectivity index (χ4n) is 3.19. The molecule has 1 aromatic carbocycles. The molecule has 0 radical (unpaired) electrons. The molecule has 1 aliphatic heterocycles. The normalized spacial score (nSPS) is 18.1. The van der Waals surface area contributed by atoms with E-state index in [0.717, 1.165) is 30.0 Å². The van der Waals surface area contributed by atoms with Gasteiger partial charge in [0.15, 0.2) is 0 Å². The van der Waals surface area contributed by atoms with Crippen molar-refractivity contribution in [3.8, 4) is 0 Å². The van der Waals surface area contributed by atoms with Gasteiger partial charge in [0, 0.05) is 30.6 Å². The summed E-state index contributed by atoms with van der Waals surface area (Å²) in [5.41, 5.74) is 8.68. The number of nitrogens with two attached hydrogens (primary N) is 1. The van der Waals surface area contributed by atoms with Crippen LogP contribution in [0.25, 0.3) is 10.9 Å². The van der Waals surface area contributed by atoms with E-state index in [0.29, 0.717) is 12.0 Å². The van der Waals surface area contributed by atoms with Crippen molar-refractivity contribution in [3.05, 3.63) is 35.9 Å². The number of aromatic nitrogens is 1. The van der Waals surface area contributed by atoms with Crippen molar-refractivity contribution in [2.45, 2.75) is 39.7 Å². The maximum atomic E-state index is 5.96. The Hall–Kier alpha value is -1.61. The largest absolute Gasteiger partial charge is 0.356 e. The number of rotatable bonds is 3. The average molecular weight is 283 g/mol. The predicted octanol–water partition coefficient (Wildman–Crippen LogP) is 3.71. The van der Waals surface area contributed by atoms with Crippen LogP contribution in [0.15, 0.2) is 30.3 Å². The Bertz CT molecular complexity index is 627. The second-order valence-corrected chi connectivity index (χ2v) is 6.52. The maximum Gasteiger partial charge on any atom is 0.133 e. The van der Waals surface area contributed by atoms with Crippen LogP contribution < -0.4 is 10.6 Å². The van der Waals surface area contributed by atoms with E-state index in [4.69, 9.17) is 10.7 Å². The first-order valence-corrected chi connectivity index (χ1v) is 7.99. The molecule has 2 N–H and O–H groups in total. The van der Waals surface area contributed by atoms with Gasteiger partial charge in [0.25, 0.3) is 0 Å². The molecule has 3 rings (SSSR count). The lowest BCUT2D eigenvalue weighted by Crippen LogP contribution is -2.39. The van der Waals surface area contributed by atoms with Gasteiger partial charge >= 0.3 is 0 Å². The molecule has 1 saturated heterocycles. The Kier molecular flexibility index (Phi) is 3.85. The number of benzene rings is 1. The van der Waals surface area contributed by atoms with Crippen molar-refractivity contribution in [1.82, 2.24) is 4.98 Å². The van der Waals surface area contributed by atoms with E-state index in [1.807, 2.05) is 6.07 Å². The van der Waals surface area contributed by atoms with Crippen molar-refractivity contribution >= 4 is 16.7 Å². The highest BCUT2D eigenvalue weighted by atomic mass is 15.2. The third-order valence-corrected chi connectivity index (χ3v) is 5.12. The van der Waals surface area contributed by atoms with Gasteiger partial charge in [0.2, 0.25) is 0 Å². The van der Waals surface area contributed by atoms with Crippen LogP contribution in [0.2, 0.25) is 0 Å². The molecule has 0 spiro atoms. The highest BCUT2D eigenvalue weighted by Gasteiger charge is 2.29. The number of piperidine rings is 1. The minimum atomic E-state index is 0.496. The lowest BCUT2D eigenvalue weighted by molar-refractivity contribution is 0.237. The van der Waals surface area contributed by atoms with Crippen molar-refractivity contribution in [2.75, 3.05) is 18.0 Å². The lowest BCUT2D eigenvalue weighted by Gasteiger charge is -2.40. The Balaban J connectivity index is 1.93.